The molecular weight excluding hydrogens is 276 g/mol. The fourth-order valence-corrected chi connectivity index (χ4v) is 3.00. The highest BCUT2D eigenvalue weighted by Gasteiger charge is 2.20. The Morgan fingerprint density at radius 1 is 0.955 bits per heavy atom. The van der Waals surface area contributed by atoms with Crippen molar-refractivity contribution in [2.75, 3.05) is 0 Å². The largest absolute Gasteiger partial charge is 0.464 e. The molecule has 0 spiro atoms. The van der Waals surface area contributed by atoms with Crippen molar-refractivity contribution in [3.8, 4) is 22.5 Å². The first-order valence-corrected chi connectivity index (χ1v) is 7.19. The molecule has 1 aliphatic carbocycles. The van der Waals surface area contributed by atoms with Gasteiger partial charge in [0.05, 0.1) is 12.0 Å². The molecule has 0 amide bonds. The molecular formula is C18H14N2O2. The first kappa shape index (κ1) is 12.8. The van der Waals surface area contributed by atoms with Crippen LogP contribution in [-0.2, 0) is 6.42 Å². The fraction of sp³-hybridized carbons (Fsp3) is 0.111. The minimum absolute atomic E-state index is 0.767. The Bertz CT molecular complexity index is 851. The Kier molecular flexibility index (Phi) is 3.00. The second-order valence-electron chi connectivity index (χ2n) is 5.32. The normalized spacial score (nSPS) is 15.2. The number of hydrogen-bond acceptors (Lipinski definition) is 4. The molecule has 0 fully saturated rings. The number of rotatable bonds is 2. The molecule has 3 aromatic rings. The van der Waals surface area contributed by atoms with Crippen LogP contribution in [0.3, 0.4) is 0 Å². The van der Waals surface area contributed by atoms with Gasteiger partial charge in [0.1, 0.15) is 5.76 Å². The predicted octanol–water partition coefficient (Wildman–Crippen LogP) is 4.13. The molecule has 1 aromatic carbocycles. The van der Waals surface area contributed by atoms with E-state index >= 15 is 0 Å². The van der Waals surface area contributed by atoms with Crippen LogP contribution in [0.1, 0.15) is 17.5 Å². The number of fused-ring (bicyclic) bond motifs is 1. The number of nitrogens with zero attached hydrogens (tertiary/aromatic N) is 2. The van der Waals surface area contributed by atoms with E-state index in [9.17, 15) is 0 Å². The monoisotopic (exact) mass is 290 g/mol. The lowest BCUT2D eigenvalue weighted by atomic mass is 9.99. The maximum Gasteiger partial charge on any atom is 0.141 e. The van der Waals surface area contributed by atoms with E-state index in [0.29, 0.717) is 0 Å². The third kappa shape index (κ3) is 2.00. The summed E-state index contributed by atoms with van der Waals surface area (Å²) in [5.41, 5.74) is 6.20. The van der Waals surface area contributed by atoms with E-state index < -0.39 is 0 Å². The van der Waals surface area contributed by atoms with Crippen molar-refractivity contribution in [2.24, 2.45) is 5.16 Å². The number of furan rings is 1. The molecule has 1 aliphatic rings. The van der Waals surface area contributed by atoms with Crippen LogP contribution < -0.4 is 0 Å². The van der Waals surface area contributed by atoms with Crippen LogP contribution in [0.15, 0.2) is 64.6 Å². The predicted molar refractivity (Wildman–Crippen MR) is 84.0 cm³/mol. The summed E-state index contributed by atoms with van der Waals surface area (Å²) in [6, 6.07) is 12.1. The lowest BCUT2D eigenvalue weighted by Crippen LogP contribution is -1.93. The quantitative estimate of drug-likeness (QED) is 0.570. The van der Waals surface area contributed by atoms with Crippen LogP contribution in [0.2, 0.25) is 0 Å². The molecule has 22 heavy (non-hydrogen) atoms. The van der Waals surface area contributed by atoms with E-state index in [1.807, 2.05) is 30.3 Å². The average molecular weight is 290 g/mol. The summed E-state index contributed by atoms with van der Waals surface area (Å²) >= 11 is 0. The Hall–Kier alpha value is -2.88. The number of oxime groups is 1. The second-order valence-corrected chi connectivity index (χ2v) is 5.32. The van der Waals surface area contributed by atoms with Gasteiger partial charge in [-0.2, -0.15) is 0 Å². The first-order valence-electron chi connectivity index (χ1n) is 7.19. The molecule has 2 aromatic heterocycles. The third-order valence-electron chi connectivity index (χ3n) is 4.09. The summed E-state index contributed by atoms with van der Waals surface area (Å²) in [5, 5.41) is 12.4. The molecule has 4 rings (SSSR count). The van der Waals surface area contributed by atoms with Gasteiger partial charge in [-0.1, -0.05) is 23.4 Å². The van der Waals surface area contributed by atoms with Crippen LogP contribution in [-0.4, -0.2) is 15.9 Å². The van der Waals surface area contributed by atoms with E-state index in [-0.39, 0.29) is 0 Å². The van der Waals surface area contributed by atoms with Gasteiger partial charge >= 0.3 is 0 Å². The summed E-state index contributed by atoms with van der Waals surface area (Å²) in [6.07, 6.45) is 6.92. The molecule has 1 N–H and O–H groups in total. The Morgan fingerprint density at radius 2 is 1.82 bits per heavy atom. The van der Waals surface area contributed by atoms with E-state index in [0.717, 1.165) is 46.6 Å². The van der Waals surface area contributed by atoms with Crippen LogP contribution in [0.5, 0.6) is 0 Å². The van der Waals surface area contributed by atoms with Crippen molar-refractivity contribution >= 4 is 5.71 Å². The van der Waals surface area contributed by atoms with E-state index in [4.69, 9.17) is 9.62 Å². The van der Waals surface area contributed by atoms with Crippen LogP contribution >= 0.6 is 0 Å². The lowest BCUT2D eigenvalue weighted by Gasteiger charge is -2.06. The van der Waals surface area contributed by atoms with Gasteiger partial charge < -0.3 is 9.62 Å². The summed E-state index contributed by atoms with van der Waals surface area (Å²) in [4.78, 5) is 4.04. The molecule has 0 atom stereocenters. The minimum Gasteiger partial charge on any atom is -0.464 e. The Labute approximate surface area is 127 Å². The van der Waals surface area contributed by atoms with Crippen molar-refractivity contribution in [1.82, 2.24) is 4.98 Å². The molecule has 4 heteroatoms. The first-order chi connectivity index (χ1) is 10.9. The molecule has 0 saturated carbocycles. The molecule has 0 radical (unpaired) electrons. The summed E-state index contributed by atoms with van der Waals surface area (Å²) < 4.78 is 5.68. The molecule has 108 valence electrons. The van der Waals surface area contributed by atoms with Crippen molar-refractivity contribution in [2.45, 2.75) is 12.8 Å². The van der Waals surface area contributed by atoms with Crippen LogP contribution in [0.4, 0.5) is 0 Å². The van der Waals surface area contributed by atoms with Crippen molar-refractivity contribution in [3.05, 3.63) is 66.2 Å². The number of hydrogen-bond donors (Lipinski definition) is 1. The number of pyridine rings is 1. The van der Waals surface area contributed by atoms with Gasteiger partial charge in [-0.05, 0) is 42.2 Å². The molecule has 2 heterocycles. The zero-order valence-electron chi connectivity index (χ0n) is 11.9. The SMILES string of the molecule is O/N=C1\CCc2cc(-c3ccoc3-c3ccncc3)ccc21. The average Bonchev–Trinajstić information content (AvgIpc) is 3.21. The van der Waals surface area contributed by atoms with Gasteiger partial charge in [0.25, 0.3) is 0 Å². The van der Waals surface area contributed by atoms with Crippen LogP contribution in [0, 0.1) is 0 Å². The van der Waals surface area contributed by atoms with Crippen molar-refractivity contribution in [3.63, 3.8) is 0 Å². The second kappa shape index (κ2) is 5.15. The summed E-state index contributed by atoms with van der Waals surface area (Å²) in [6.45, 7) is 0. The molecule has 0 saturated heterocycles. The molecule has 0 aliphatic heterocycles. The maximum atomic E-state index is 9.03. The standard InChI is InChI=1S/C18H14N2O2/c21-20-17-4-2-13-11-14(1-3-15(13)17)16-7-10-22-18(16)12-5-8-19-9-6-12/h1,3,5-11,21H,2,4H2/b20-17+. The summed E-state index contributed by atoms with van der Waals surface area (Å²) in [5.74, 6) is 0.844. The minimum atomic E-state index is 0.767. The summed E-state index contributed by atoms with van der Waals surface area (Å²) in [7, 11) is 0. The van der Waals surface area contributed by atoms with E-state index in [1.165, 1.54) is 5.56 Å². The zero-order valence-corrected chi connectivity index (χ0v) is 11.9. The lowest BCUT2D eigenvalue weighted by molar-refractivity contribution is 0.318. The number of aromatic nitrogens is 1. The maximum absolute atomic E-state index is 9.03. The van der Waals surface area contributed by atoms with Gasteiger partial charge in [-0.25, -0.2) is 0 Å². The third-order valence-corrected chi connectivity index (χ3v) is 4.09. The highest BCUT2D eigenvalue weighted by Crippen LogP contribution is 2.35. The Morgan fingerprint density at radius 3 is 2.64 bits per heavy atom. The van der Waals surface area contributed by atoms with E-state index in [2.05, 4.69) is 16.2 Å². The number of aryl methyl sites for hydroxylation is 1. The fourth-order valence-electron chi connectivity index (χ4n) is 3.00. The van der Waals surface area contributed by atoms with Crippen LogP contribution in [0.25, 0.3) is 22.5 Å². The van der Waals surface area contributed by atoms with Crippen molar-refractivity contribution < 1.29 is 9.62 Å². The Balaban J connectivity index is 1.80. The molecule has 0 unspecified atom stereocenters. The molecule has 0 bridgehead atoms. The van der Waals surface area contributed by atoms with Gasteiger partial charge in [0.15, 0.2) is 0 Å². The molecule has 4 nitrogen and oxygen atoms in total. The smallest absolute Gasteiger partial charge is 0.141 e. The highest BCUT2D eigenvalue weighted by atomic mass is 16.4. The number of benzene rings is 1. The van der Waals surface area contributed by atoms with Gasteiger partial charge in [0.2, 0.25) is 0 Å². The van der Waals surface area contributed by atoms with Gasteiger partial charge in [-0.3, -0.25) is 4.98 Å². The zero-order chi connectivity index (χ0) is 14.9. The highest BCUT2D eigenvalue weighted by molar-refractivity contribution is 6.04. The van der Waals surface area contributed by atoms with Gasteiger partial charge in [0, 0.05) is 29.1 Å². The van der Waals surface area contributed by atoms with E-state index in [1.54, 1.807) is 18.7 Å². The van der Waals surface area contributed by atoms with Crippen molar-refractivity contribution in [1.29, 1.82) is 0 Å². The van der Waals surface area contributed by atoms with Gasteiger partial charge in [-0.15, -0.1) is 0 Å². The topological polar surface area (TPSA) is 58.6 Å².